The third kappa shape index (κ3) is 3.63. The molecule has 0 amide bonds. The molecule has 1 unspecified atom stereocenters. The number of nitrogens with zero attached hydrogens (tertiary/aromatic N) is 3. The first-order chi connectivity index (χ1) is 7.56. The predicted octanol–water partition coefficient (Wildman–Crippen LogP) is 3.31. The summed E-state index contributed by atoms with van der Waals surface area (Å²) in [6.07, 6.45) is 1.17. The maximum absolute atomic E-state index is 5.94. The van der Waals surface area contributed by atoms with E-state index in [2.05, 4.69) is 35.6 Å². The molecule has 3 nitrogen and oxygen atoms in total. The Hall–Kier alpha value is -0.830. The Bertz CT molecular complexity index is 321. The predicted molar refractivity (Wildman–Crippen MR) is 69.1 cm³/mol. The van der Waals surface area contributed by atoms with Gasteiger partial charge in [0.1, 0.15) is 16.8 Å². The molecule has 0 radical (unpaired) electrons. The van der Waals surface area contributed by atoms with Gasteiger partial charge in [-0.1, -0.05) is 31.9 Å². The highest BCUT2D eigenvalue weighted by molar-refractivity contribution is 6.29. The van der Waals surface area contributed by atoms with Gasteiger partial charge in [-0.2, -0.15) is 0 Å². The van der Waals surface area contributed by atoms with Crippen LogP contribution in [0.1, 0.15) is 33.0 Å². The van der Waals surface area contributed by atoms with E-state index in [1.165, 1.54) is 6.42 Å². The number of anilines is 1. The number of halogens is 1. The van der Waals surface area contributed by atoms with Crippen molar-refractivity contribution in [3.8, 4) is 0 Å². The lowest BCUT2D eigenvalue weighted by Gasteiger charge is -2.25. The van der Waals surface area contributed by atoms with Gasteiger partial charge in [-0.3, -0.25) is 0 Å². The van der Waals surface area contributed by atoms with Crippen LogP contribution in [0.2, 0.25) is 5.15 Å². The summed E-state index contributed by atoms with van der Waals surface area (Å²) < 4.78 is 0. The van der Waals surface area contributed by atoms with Crippen LogP contribution in [0, 0.1) is 12.8 Å². The maximum Gasteiger partial charge on any atom is 0.134 e. The van der Waals surface area contributed by atoms with Gasteiger partial charge in [0.15, 0.2) is 0 Å². The summed E-state index contributed by atoms with van der Waals surface area (Å²) >= 11 is 5.94. The van der Waals surface area contributed by atoms with Crippen LogP contribution < -0.4 is 4.90 Å². The van der Waals surface area contributed by atoms with E-state index in [4.69, 9.17) is 11.6 Å². The molecule has 16 heavy (non-hydrogen) atoms. The largest absolute Gasteiger partial charge is 0.356 e. The Morgan fingerprint density at radius 3 is 2.56 bits per heavy atom. The van der Waals surface area contributed by atoms with Crippen LogP contribution >= 0.6 is 11.6 Å². The zero-order valence-electron chi connectivity index (χ0n) is 10.5. The minimum Gasteiger partial charge on any atom is -0.356 e. The number of aryl methyl sites for hydroxylation is 1. The molecule has 1 heterocycles. The Labute approximate surface area is 103 Å². The van der Waals surface area contributed by atoms with Crippen LogP contribution in [-0.2, 0) is 0 Å². The van der Waals surface area contributed by atoms with Gasteiger partial charge in [0.05, 0.1) is 0 Å². The molecule has 0 saturated heterocycles. The fourth-order valence-electron chi connectivity index (χ4n) is 1.57. The van der Waals surface area contributed by atoms with E-state index in [0.717, 1.165) is 24.7 Å². The Morgan fingerprint density at radius 1 is 1.38 bits per heavy atom. The van der Waals surface area contributed by atoms with E-state index in [1.54, 1.807) is 0 Å². The van der Waals surface area contributed by atoms with Gasteiger partial charge in [-0.05, 0) is 19.8 Å². The zero-order chi connectivity index (χ0) is 12.1. The number of hydrogen-bond acceptors (Lipinski definition) is 3. The molecule has 0 aliphatic carbocycles. The van der Waals surface area contributed by atoms with Crippen molar-refractivity contribution < 1.29 is 0 Å². The van der Waals surface area contributed by atoms with Gasteiger partial charge in [0, 0.05) is 19.2 Å². The summed E-state index contributed by atoms with van der Waals surface area (Å²) in [7, 11) is 0. The molecule has 0 N–H and O–H groups in total. The molecule has 0 aromatic carbocycles. The summed E-state index contributed by atoms with van der Waals surface area (Å²) in [4.78, 5) is 10.7. The van der Waals surface area contributed by atoms with Crippen molar-refractivity contribution in [2.45, 2.75) is 34.1 Å². The summed E-state index contributed by atoms with van der Waals surface area (Å²) in [5.74, 6) is 2.32. The molecule has 0 aliphatic heterocycles. The third-order valence-electron chi connectivity index (χ3n) is 2.73. The Balaban J connectivity index is 2.86. The third-order valence-corrected chi connectivity index (χ3v) is 2.92. The first-order valence-corrected chi connectivity index (χ1v) is 6.20. The van der Waals surface area contributed by atoms with Crippen LogP contribution in [0.5, 0.6) is 0 Å². The zero-order valence-corrected chi connectivity index (χ0v) is 11.3. The van der Waals surface area contributed by atoms with Gasteiger partial charge in [-0.25, -0.2) is 9.97 Å². The average Bonchev–Trinajstić information content (AvgIpc) is 2.24. The van der Waals surface area contributed by atoms with Gasteiger partial charge >= 0.3 is 0 Å². The van der Waals surface area contributed by atoms with Crippen LogP contribution in [0.25, 0.3) is 0 Å². The average molecular weight is 242 g/mol. The molecule has 1 atom stereocenters. The molecular weight excluding hydrogens is 222 g/mol. The van der Waals surface area contributed by atoms with Gasteiger partial charge in [0.2, 0.25) is 0 Å². The molecule has 4 heteroatoms. The van der Waals surface area contributed by atoms with Crippen LogP contribution in [-0.4, -0.2) is 23.1 Å². The molecule has 0 fully saturated rings. The van der Waals surface area contributed by atoms with Gasteiger partial charge in [0.25, 0.3) is 0 Å². The molecule has 0 saturated carbocycles. The van der Waals surface area contributed by atoms with E-state index in [9.17, 15) is 0 Å². The van der Waals surface area contributed by atoms with Crippen LogP contribution in [0.4, 0.5) is 5.82 Å². The minimum absolute atomic E-state index is 0.519. The summed E-state index contributed by atoms with van der Waals surface area (Å²) in [6.45, 7) is 10.4. The highest BCUT2D eigenvalue weighted by Crippen LogP contribution is 2.17. The normalized spacial score (nSPS) is 12.6. The lowest BCUT2D eigenvalue weighted by atomic mass is 10.1. The van der Waals surface area contributed by atoms with Gasteiger partial charge in [-0.15, -0.1) is 0 Å². The molecule has 0 aliphatic rings. The highest BCUT2D eigenvalue weighted by atomic mass is 35.5. The first-order valence-electron chi connectivity index (χ1n) is 5.82. The van der Waals surface area contributed by atoms with E-state index in [-0.39, 0.29) is 0 Å². The van der Waals surface area contributed by atoms with Crippen molar-refractivity contribution in [2.75, 3.05) is 18.0 Å². The minimum atomic E-state index is 0.519. The second-order valence-corrected chi connectivity index (χ2v) is 4.54. The van der Waals surface area contributed by atoms with E-state index < -0.39 is 0 Å². The fraction of sp³-hybridized carbons (Fsp3) is 0.667. The van der Waals surface area contributed by atoms with Crippen molar-refractivity contribution in [3.05, 3.63) is 17.0 Å². The van der Waals surface area contributed by atoms with E-state index >= 15 is 0 Å². The van der Waals surface area contributed by atoms with Crippen LogP contribution in [0.3, 0.4) is 0 Å². The highest BCUT2D eigenvalue weighted by Gasteiger charge is 2.11. The standard InChI is InChI=1S/C12H20ClN3/c1-5-9(3)8-16(6-2)12-7-11(13)14-10(4)15-12/h7,9H,5-6,8H2,1-4H3. The summed E-state index contributed by atoms with van der Waals surface area (Å²) in [5, 5.41) is 0.519. The second kappa shape index (κ2) is 6.04. The van der Waals surface area contributed by atoms with E-state index in [1.807, 2.05) is 13.0 Å². The number of rotatable bonds is 5. The maximum atomic E-state index is 5.94. The lowest BCUT2D eigenvalue weighted by Crippen LogP contribution is -2.29. The SMILES string of the molecule is CCC(C)CN(CC)c1cc(Cl)nc(C)n1. The molecular formula is C12H20ClN3. The molecule has 1 aromatic heterocycles. The van der Waals surface area contributed by atoms with Crippen molar-refractivity contribution in [1.29, 1.82) is 0 Å². The first kappa shape index (κ1) is 13.2. The molecule has 0 spiro atoms. The number of aromatic nitrogens is 2. The molecule has 1 rings (SSSR count). The lowest BCUT2D eigenvalue weighted by molar-refractivity contribution is 0.545. The molecule has 0 bridgehead atoms. The summed E-state index contributed by atoms with van der Waals surface area (Å²) in [6, 6.07) is 1.83. The van der Waals surface area contributed by atoms with Crippen molar-refractivity contribution in [3.63, 3.8) is 0 Å². The topological polar surface area (TPSA) is 29.0 Å². The second-order valence-electron chi connectivity index (χ2n) is 4.15. The monoisotopic (exact) mass is 241 g/mol. The Morgan fingerprint density at radius 2 is 2.06 bits per heavy atom. The molecule has 1 aromatic rings. The fourth-order valence-corrected chi connectivity index (χ4v) is 1.79. The van der Waals surface area contributed by atoms with Crippen molar-refractivity contribution in [2.24, 2.45) is 5.92 Å². The van der Waals surface area contributed by atoms with E-state index in [0.29, 0.717) is 11.1 Å². The van der Waals surface area contributed by atoms with Gasteiger partial charge < -0.3 is 4.90 Å². The summed E-state index contributed by atoms with van der Waals surface area (Å²) in [5.41, 5.74) is 0. The van der Waals surface area contributed by atoms with Crippen LogP contribution in [0.15, 0.2) is 6.07 Å². The quantitative estimate of drug-likeness (QED) is 0.741. The smallest absolute Gasteiger partial charge is 0.134 e. The van der Waals surface area contributed by atoms with Crippen molar-refractivity contribution in [1.82, 2.24) is 9.97 Å². The Kier molecular flexibility index (Phi) is 5.00. The molecule has 90 valence electrons. The van der Waals surface area contributed by atoms with Crippen molar-refractivity contribution >= 4 is 17.4 Å². The number of hydrogen-bond donors (Lipinski definition) is 0.